The Bertz CT molecular complexity index is 4750. The number of para-hydroxylation sites is 2. The molecular weight excluding hydrogens is 1490 g/mol. The number of carbonyl (C=O) groups is 1. The van der Waals surface area contributed by atoms with Crippen LogP contribution in [0.2, 0.25) is 0 Å². The molecule has 0 radical (unpaired) electrons. The first kappa shape index (κ1) is 88.6. The standard InChI is InChI=1S/C26H16O.C18H15P.C16H36P.C14H9Br.C12H9BO3.CH2O3.2CH4.BrH.2K.H/c1-3-9-20-17(7-1)15-18-8-2-4-10-21(18)26(20)19-13-14-25-23(16-19)22-11-5-6-12-24(22)27-25;1-4-10-16(11-5-1)19(17-12-6-2-7-13-17)18-14-8-3-9-15-18;1-5-9-13-17(14-10-6-2,15-11-7-3)16-12-8-4;15-14-12-7-3-1-5-10(12)9-11-6-2-4-8-13(11)14;14-13(15)8-5-6-12-10(7-8)9-3-1-2-4-11(9)16-12;2-1-4-3;;;;;;/h1-16H;1-15H;5-16H2,1-4H3;1-9H;1-7,14-15H;1,3H;2*1H4;1H;;;/q;;+1;;;;;;;2*+1;-1/p-2. The molecule has 0 saturated carbocycles. The van der Waals surface area contributed by atoms with Gasteiger partial charge in [-0.2, -0.15) is 0 Å². The van der Waals surface area contributed by atoms with Gasteiger partial charge in [-0.25, -0.2) is 0 Å². The average Bonchev–Trinajstić information content (AvgIpc) is 1.15. The zero-order valence-corrected chi connectivity index (χ0v) is 70.1. The van der Waals surface area contributed by atoms with Crippen LogP contribution >= 0.6 is 31.1 Å². The monoisotopic (exact) mass is 1580 g/mol. The molecule has 0 spiro atoms. The van der Waals surface area contributed by atoms with Crippen molar-refractivity contribution >= 4 is 153 Å². The van der Waals surface area contributed by atoms with E-state index >= 15 is 0 Å². The van der Waals surface area contributed by atoms with Crippen LogP contribution in [0.1, 0.15) is 95.3 Å². The van der Waals surface area contributed by atoms with Gasteiger partial charge in [-0.3, -0.25) is 4.79 Å². The van der Waals surface area contributed by atoms with Crippen molar-refractivity contribution < 1.29 is 155 Å². The number of halogens is 2. The first-order valence-electron chi connectivity index (χ1n) is 34.3. The summed E-state index contributed by atoms with van der Waals surface area (Å²) in [5, 5.41) is 45.3. The molecule has 2 aromatic heterocycles. The first-order valence-corrected chi connectivity index (χ1v) is 39.0. The van der Waals surface area contributed by atoms with Crippen LogP contribution in [0.3, 0.4) is 0 Å². The van der Waals surface area contributed by atoms with Crippen LogP contribution in [0.15, 0.2) is 298 Å². The first-order chi connectivity index (χ1) is 48.1. The number of furan rings is 2. The van der Waals surface area contributed by atoms with Crippen LogP contribution in [0.4, 0.5) is 0 Å². The van der Waals surface area contributed by atoms with Crippen LogP contribution in [0, 0.1) is 0 Å². The number of hydrogen-bond donors (Lipinski definition) is 2. The molecule has 0 fully saturated rings. The third kappa shape index (κ3) is 23.8. The van der Waals surface area contributed by atoms with E-state index in [1.165, 1.54) is 137 Å². The molecule has 2 heterocycles. The molecule has 0 saturated heterocycles. The van der Waals surface area contributed by atoms with E-state index < -0.39 is 22.3 Å². The zero-order valence-electron chi connectivity index (χ0n) is 59.9. The summed E-state index contributed by atoms with van der Waals surface area (Å²) in [7, 11) is -2.45. The molecule has 15 aromatic rings. The third-order valence-electron chi connectivity index (χ3n) is 17.9. The average molecular weight is 1590 g/mol. The minimum absolute atomic E-state index is 0. The summed E-state index contributed by atoms with van der Waals surface area (Å²) in [6.07, 6.45) is 17.9. The molecule has 0 aliphatic rings. The van der Waals surface area contributed by atoms with Crippen molar-refractivity contribution in [3.05, 3.63) is 290 Å². The van der Waals surface area contributed by atoms with Gasteiger partial charge < -0.3 is 47.4 Å². The van der Waals surface area contributed by atoms with Crippen molar-refractivity contribution in [2.45, 2.75) is 93.9 Å². The number of rotatable bonds is 18. The van der Waals surface area contributed by atoms with E-state index in [0.29, 0.717) is 5.46 Å². The summed E-state index contributed by atoms with van der Waals surface area (Å²) in [5.41, 5.74) is 6.42. The van der Waals surface area contributed by atoms with Crippen molar-refractivity contribution in [3.63, 3.8) is 0 Å². The van der Waals surface area contributed by atoms with E-state index in [9.17, 15) is 0 Å². The normalized spacial score (nSPS) is 10.5. The molecule has 7 nitrogen and oxygen atoms in total. The fraction of sp³-hybridized carbons (Fsp3) is 0.202. The van der Waals surface area contributed by atoms with Crippen molar-refractivity contribution in [2.24, 2.45) is 0 Å². The second-order valence-corrected chi connectivity index (χ2v) is 32.0. The van der Waals surface area contributed by atoms with Crippen LogP contribution in [0.25, 0.3) is 98.1 Å². The Kier molecular flexibility index (Phi) is 39.8. The fourth-order valence-electron chi connectivity index (χ4n) is 12.9. The Morgan fingerprint density at radius 2 is 0.718 bits per heavy atom. The second kappa shape index (κ2) is 46.3. The molecule has 13 aromatic carbocycles. The molecule has 15 rings (SSSR count). The van der Waals surface area contributed by atoms with Gasteiger partial charge in [-0.15, -0.1) is 0 Å². The van der Waals surface area contributed by atoms with Gasteiger partial charge in [0.05, 0.1) is 24.6 Å². The molecule has 0 amide bonds. The number of hydrogen-bond acceptors (Lipinski definition) is 7. The van der Waals surface area contributed by atoms with Gasteiger partial charge in [0.2, 0.25) is 0 Å². The Hall–Kier alpha value is -4.99. The Labute approximate surface area is 718 Å². The Morgan fingerprint density at radius 1 is 0.417 bits per heavy atom. The fourth-order valence-corrected chi connectivity index (χ4v) is 21.2. The predicted octanol–water partition coefficient (Wildman–Crippen LogP) is 14.1. The maximum Gasteiger partial charge on any atom is 1.00 e. The molecule has 0 aliphatic heterocycles. The second-order valence-electron chi connectivity index (χ2n) is 24.5. The van der Waals surface area contributed by atoms with Crippen LogP contribution < -0.4 is 146 Å². The maximum absolute atomic E-state index is 9.12. The van der Waals surface area contributed by atoms with Crippen molar-refractivity contribution in [1.82, 2.24) is 0 Å². The Balaban J connectivity index is 0.000000272. The minimum Gasteiger partial charge on any atom is -1.00 e. The van der Waals surface area contributed by atoms with E-state index in [1.807, 2.05) is 36.4 Å². The largest absolute Gasteiger partial charge is 1.00 e. The summed E-state index contributed by atoms with van der Waals surface area (Å²) < 4.78 is 12.8. The van der Waals surface area contributed by atoms with Crippen LogP contribution in [-0.2, 0) is 9.68 Å². The number of carbonyl (C=O) groups excluding carboxylic acids is 1. The molecule has 0 unspecified atom stereocenters. The quantitative estimate of drug-likeness (QED) is 0.0219. The SMILES string of the molecule is Brc1c2ccccc2cc2ccccc12.C.C.CCCC[P+](CCCC)(CCCC)CCCC.O=CO[O-].OB(O)c1ccc2oc3ccccc3c2c1.[Br-].[H-].[K+].[K+].c1ccc(P(c2ccccc2)c2ccccc2)cc1.c1ccc2c(-c3ccc4oc5ccccc5c4c3)c3ccccc3cc2c1. The van der Waals surface area contributed by atoms with Gasteiger partial charge in [0, 0.05) is 33.3 Å². The molecule has 0 bridgehead atoms. The minimum atomic E-state index is -1.45. The van der Waals surface area contributed by atoms with E-state index in [0.717, 1.165) is 33.1 Å². The van der Waals surface area contributed by atoms with Crippen LogP contribution in [-0.4, -0.2) is 48.3 Å². The van der Waals surface area contributed by atoms with Gasteiger partial charge in [0.15, 0.2) is 0 Å². The van der Waals surface area contributed by atoms with Crippen LogP contribution in [0.5, 0.6) is 0 Å². The van der Waals surface area contributed by atoms with Crippen molar-refractivity contribution in [2.75, 3.05) is 24.6 Å². The number of fused-ring (bicyclic) bond motifs is 10. The summed E-state index contributed by atoms with van der Waals surface area (Å²) in [5.74, 6) is 0. The number of unbranched alkanes of at least 4 members (excludes halogenated alkanes) is 4. The topological polar surface area (TPSA) is 116 Å². The van der Waals surface area contributed by atoms with Gasteiger partial charge in [0.25, 0.3) is 6.47 Å². The van der Waals surface area contributed by atoms with E-state index in [-0.39, 0.29) is 143 Å². The number of benzene rings is 13. The molecule has 0 aliphatic carbocycles. The molecular formula is C89H95BBr2K2O7P2. The van der Waals surface area contributed by atoms with Crippen molar-refractivity contribution in [3.8, 4) is 11.1 Å². The third-order valence-corrected chi connectivity index (χ3v) is 26.2. The van der Waals surface area contributed by atoms with Gasteiger partial charge >= 0.3 is 110 Å². The van der Waals surface area contributed by atoms with Gasteiger partial charge in [-0.05, 0) is 168 Å². The molecule has 0 atom stereocenters. The zero-order chi connectivity index (χ0) is 68.5. The molecule has 14 heteroatoms. The maximum atomic E-state index is 9.12. The van der Waals surface area contributed by atoms with E-state index in [4.69, 9.17) is 28.9 Å². The Morgan fingerprint density at radius 3 is 1.08 bits per heavy atom. The van der Waals surface area contributed by atoms with Gasteiger partial charge in [0.1, 0.15) is 22.3 Å². The van der Waals surface area contributed by atoms with Crippen molar-refractivity contribution in [1.29, 1.82) is 0 Å². The summed E-state index contributed by atoms with van der Waals surface area (Å²) >= 11 is 3.68. The summed E-state index contributed by atoms with van der Waals surface area (Å²) in [6.45, 7) is 9.24. The summed E-state index contributed by atoms with van der Waals surface area (Å²) in [6, 6.07) is 98.6. The van der Waals surface area contributed by atoms with Gasteiger partial charge in [-0.1, -0.05) is 311 Å². The smallest absolute Gasteiger partial charge is 1.00 e. The van der Waals surface area contributed by atoms with E-state index in [2.05, 4.69) is 279 Å². The van der Waals surface area contributed by atoms with E-state index in [1.54, 1.807) is 42.8 Å². The molecule has 2 N–H and O–H groups in total. The summed E-state index contributed by atoms with van der Waals surface area (Å²) in [4.78, 5) is 11.2. The predicted molar refractivity (Wildman–Crippen MR) is 440 cm³/mol. The molecule has 103 heavy (non-hydrogen) atoms. The molecule has 522 valence electrons.